The molecule has 0 atom stereocenters. The third-order valence-electron chi connectivity index (χ3n) is 5.24. The van der Waals surface area contributed by atoms with Crippen LogP contribution in [0.5, 0.6) is 0 Å². The third-order valence-corrected chi connectivity index (χ3v) is 5.24. The number of likely N-dealkylation sites (tertiary alicyclic amines) is 1. The summed E-state index contributed by atoms with van der Waals surface area (Å²) in [5.74, 6) is -0.460. The summed E-state index contributed by atoms with van der Waals surface area (Å²) in [5, 5.41) is 8.93. The Morgan fingerprint density at radius 1 is 1.21 bits per heavy atom. The zero-order valence-corrected chi connectivity index (χ0v) is 16.1. The van der Waals surface area contributed by atoms with Crippen LogP contribution in [0.2, 0.25) is 0 Å². The molecule has 1 N–H and O–H groups in total. The molecule has 4 rings (SSSR count). The van der Waals surface area contributed by atoms with Crippen molar-refractivity contribution < 1.29 is 9.18 Å². The number of carbonyl (C=O) groups is 1. The van der Waals surface area contributed by atoms with Crippen molar-refractivity contribution in [2.45, 2.75) is 32.4 Å². The van der Waals surface area contributed by atoms with Gasteiger partial charge in [-0.3, -0.25) is 9.48 Å². The number of benzene rings is 1. The molecular formula is C20H25FN6O. The molecule has 0 spiro atoms. The molecule has 1 fully saturated rings. The smallest absolute Gasteiger partial charge is 0.276 e. The van der Waals surface area contributed by atoms with Crippen LogP contribution in [0.15, 0.2) is 30.5 Å². The van der Waals surface area contributed by atoms with Gasteiger partial charge in [-0.2, -0.15) is 0 Å². The quantitative estimate of drug-likeness (QED) is 0.709. The Kier molecular flexibility index (Phi) is 5.38. The van der Waals surface area contributed by atoms with Crippen LogP contribution in [-0.2, 0) is 13.1 Å². The Morgan fingerprint density at radius 3 is 2.86 bits per heavy atom. The molecule has 8 heteroatoms. The number of nitrogens with zero attached hydrogens (tertiary/aromatic N) is 5. The maximum atomic E-state index is 13.3. The molecule has 3 aromatic rings. The molecule has 1 saturated heterocycles. The number of hydrogen-bond acceptors (Lipinski definition) is 4. The van der Waals surface area contributed by atoms with Crippen LogP contribution in [0.1, 0.15) is 35.4 Å². The van der Waals surface area contributed by atoms with Crippen LogP contribution in [0, 0.1) is 5.82 Å². The number of halogens is 1. The average molecular weight is 384 g/mol. The molecule has 1 aliphatic rings. The zero-order chi connectivity index (χ0) is 19.5. The molecule has 0 radical (unpaired) electrons. The molecule has 1 amide bonds. The van der Waals surface area contributed by atoms with E-state index >= 15 is 0 Å². The summed E-state index contributed by atoms with van der Waals surface area (Å²) in [6.07, 6.45) is 5.54. The summed E-state index contributed by atoms with van der Waals surface area (Å²) in [6.45, 7) is 4.32. The van der Waals surface area contributed by atoms with E-state index in [-0.39, 0.29) is 11.7 Å². The summed E-state index contributed by atoms with van der Waals surface area (Å²) < 4.78 is 15.1. The summed E-state index contributed by atoms with van der Waals surface area (Å²) in [5.41, 5.74) is 2.03. The lowest BCUT2D eigenvalue weighted by Gasteiger charge is -2.25. The van der Waals surface area contributed by atoms with Crippen LogP contribution in [0.3, 0.4) is 0 Å². The molecule has 7 nitrogen and oxygen atoms in total. The Balaban J connectivity index is 1.35. The van der Waals surface area contributed by atoms with Crippen molar-refractivity contribution in [3.63, 3.8) is 0 Å². The highest BCUT2D eigenvalue weighted by Gasteiger charge is 2.17. The maximum absolute atomic E-state index is 13.3. The first-order chi connectivity index (χ1) is 13.6. The van der Waals surface area contributed by atoms with Crippen LogP contribution in [-0.4, -0.2) is 62.4 Å². The first-order valence-corrected chi connectivity index (χ1v) is 9.73. The van der Waals surface area contributed by atoms with Gasteiger partial charge in [-0.1, -0.05) is 11.6 Å². The number of nitrogens with one attached hydrogen (secondary N) is 1. The number of H-pyrrole nitrogens is 1. The van der Waals surface area contributed by atoms with Gasteiger partial charge in [0, 0.05) is 30.2 Å². The second-order valence-electron chi connectivity index (χ2n) is 7.46. The number of aromatic amines is 1. The Labute approximate surface area is 163 Å². The fraction of sp³-hybridized carbons (Fsp3) is 0.450. The molecule has 28 heavy (non-hydrogen) atoms. The van der Waals surface area contributed by atoms with Crippen LogP contribution >= 0.6 is 0 Å². The number of rotatable bonds is 6. The predicted molar refractivity (Wildman–Crippen MR) is 104 cm³/mol. The van der Waals surface area contributed by atoms with Gasteiger partial charge >= 0.3 is 0 Å². The van der Waals surface area contributed by atoms with Crippen molar-refractivity contribution in [1.29, 1.82) is 0 Å². The van der Waals surface area contributed by atoms with Crippen LogP contribution in [0.25, 0.3) is 10.9 Å². The van der Waals surface area contributed by atoms with E-state index < -0.39 is 0 Å². The van der Waals surface area contributed by atoms with E-state index in [9.17, 15) is 9.18 Å². The van der Waals surface area contributed by atoms with Gasteiger partial charge in [0.15, 0.2) is 5.69 Å². The lowest BCUT2D eigenvalue weighted by atomic mass is 10.1. The van der Waals surface area contributed by atoms with Crippen molar-refractivity contribution >= 4 is 16.8 Å². The number of hydrogen-bond donors (Lipinski definition) is 1. The van der Waals surface area contributed by atoms with E-state index in [4.69, 9.17) is 0 Å². The van der Waals surface area contributed by atoms with Crippen molar-refractivity contribution in [1.82, 2.24) is 29.8 Å². The monoisotopic (exact) mass is 384 g/mol. The number of aromatic nitrogens is 4. The Bertz CT molecular complexity index is 959. The minimum absolute atomic E-state index is 0.186. The van der Waals surface area contributed by atoms with Crippen molar-refractivity contribution in [2.24, 2.45) is 0 Å². The fourth-order valence-corrected chi connectivity index (χ4v) is 3.70. The molecular weight excluding hydrogens is 359 g/mol. The molecule has 1 aromatic carbocycles. The minimum Gasteiger partial charge on any atom is -0.357 e. The lowest BCUT2D eigenvalue weighted by Crippen LogP contribution is -2.32. The Morgan fingerprint density at radius 2 is 2.04 bits per heavy atom. The molecule has 0 unspecified atom stereocenters. The first kappa shape index (κ1) is 18.6. The number of amides is 1. The summed E-state index contributed by atoms with van der Waals surface area (Å²) in [6, 6.07) is 6.45. The van der Waals surface area contributed by atoms with Gasteiger partial charge in [-0.05, 0) is 50.2 Å². The molecule has 0 saturated carbocycles. The van der Waals surface area contributed by atoms with Gasteiger partial charge < -0.3 is 14.8 Å². The predicted octanol–water partition coefficient (Wildman–Crippen LogP) is 2.66. The van der Waals surface area contributed by atoms with Gasteiger partial charge in [-0.15, -0.1) is 5.10 Å². The standard InChI is InChI=1S/C20H25FN6O/c1-25(13-17-12-15-11-16(21)5-6-18(15)22-17)20(28)19-14-27(24-23-19)10-9-26-7-3-2-4-8-26/h5-6,11-12,14,22H,2-4,7-10,13H2,1H3. The second kappa shape index (κ2) is 8.10. The van der Waals surface area contributed by atoms with Crippen molar-refractivity contribution in [3.05, 3.63) is 47.7 Å². The number of fused-ring (bicyclic) bond motifs is 1. The van der Waals surface area contributed by atoms with Crippen LogP contribution in [0.4, 0.5) is 4.39 Å². The highest BCUT2D eigenvalue weighted by atomic mass is 19.1. The molecule has 148 valence electrons. The summed E-state index contributed by atoms with van der Waals surface area (Å²) in [7, 11) is 1.72. The molecule has 1 aliphatic heterocycles. The third kappa shape index (κ3) is 4.22. The number of piperidine rings is 1. The average Bonchev–Trinajstić information content (AvgIpc) is 3.32. The topological polar surface area (TPSA) is 70.1 Å². The largest absolute Gasteiger partial charge is 0.357 e. The highest BCUT2D eigenvalue weighted by Crippen LogP contribution is 2.18. The maximum Gasteiger partial charge on any atom is 0.276 e. The van der Waals surface area contributed by atoms with E-state index in [0.29, 0.717) is 12.2 Å². The second-order valence-corrected chi connectivity index (χ2v) is 7.46. The van der Waals surface area contributed by atoms with E-state index in [1.54, 1.807) is 28.9 Å². The molecule has 3 heterocycles. The fourth-order valence-electron chi connectivity index (χ4n) is 3.70. The minimum atomic E-state index is -0.274. The van der Waals surface area contributed by atoms with E-state index in [1.165, 1.54) is 31.4 Å². The normalized spacial score (nSPS) is 15.2. The summed E-state index contributed by atoms with van der Waals surface area (Å²) in [4.78, 5) is 19.9. The first-order valence-electron chi connectivity index (χ1n) is 9.73. The van der Waals surface area contributed by atoms with E-state index in [2.05, 4.69) is 20.2 Å². The van der Waals surface area contributed by atoms with E-state index in [1.807, 2.05) is 6.07 Å². The summed E-state index contributed by atoms with van der Waals surface area (Å²) >= 11 is 0. The highest BCUT2D eigenvalue weighted by molar-refractivity contribution is 5.91. The lowest BCUT2D eigenvalue weighted by molar-refractivity contribution is 0.0777. The van der Waals surface area contributed by atoms with Gasteiger partial charge in [-0.25, -0.2) is 4.39 Å². The van der Waals surface area contributed by atoms with Crippen molar-refractivity contribution in [2.75, 3.05) is 26.7 Å². The van der Waals surface area contributed by atoms with Gasteiger partial charge in [0.05, 0.1) is 19.3 Å². The SMILES string of the molecule is CN(Cc1cc2cc(F)ccc2[nH]1)C(=O)c1cn(CCN2CCCCC2)nn1. The van der Waals surface area contributed by atoms with Gasteiger partial charge in [0.1, 0.15) is 5.82 Å². The molecule has 0 bridgehead atoms. The number of carbonyl (C=O) groups excluding carboxylic acids is 1. The molecule has 2 aromatic heterocycles. The van der Waals surface area contributed by atoms with Gasteiger partial charge in [0.2, 0.25) is 0 Å². The molecule has 0 aliphatic carbocycles. The van der Waals surface area contributed by atoms with Gasteiger partial charge in [0.25, 0.3) is 5.91 Å². The Hall–Kier alpha value is -2.74. The zero-order valence-electron chi connectivity index (χ0n) is 16.1. The van der Waals surface area contributed by atoms with Crippen molar-refractivity contribution in [3.8, 4) is 0 Å². The van der Waals surface area contributed by atoms with E-state index in [0.717, 1.165) is 42.8 Å². The van der Waals surface area contributed by atoms with Crippen LogP contribution < -0.4 is 0 Å².